The first-order valence-electron chi connectivity index (χ1n) is 8.92. The second kappa shape index (κ2) is 7.99. The number of anilines is 2. The Labute approximate surface area is 174 Å². The molecule has 8 nitrogen and oxygen atoms in total. The number of benzene rings is 1. The first-order chi connectivity index (χ1) is 14.4. The molecule has 1 aromatic carbocycles. The quantitative estimate of drug-likeness (QED) is 0.453. The molecule has 0 spiro atoms. The van der Waals surface area contributed by atoms with Gasteiger partial charge in [0.25, 0.3) is 0 Å². The van der Waals surface area contributed by atoms with Crippen LogP contribution in [0.15, 0.2) is 48.0 Å². The maximum absolute atomic E-state index is 14.2. The Morgan fingerprint density at radius 3 is 2.77 bits per heavy atom. The van der Waals surface area contributed by atoms with Gasteiger partial charge in [-0.1, -0.05) is 12.1 Å². The van der Waals surface area contributed by atoms with E-state index in [9.17, 15) is 14.0 Å². The fraction of sp³-hybridized carbons (Fsp3) is 0.150. The highest BCUT2D eigenvalue weighted by molar-refractivity contribution is 7.14. The number of fused-ring (bicyclic) bond motifs is 1. The molecule has 0 N–H and O–H groups in total. The molecule has 3 aromatic heterocycles. The molecule has 1 amide bonds. The van der Waals surface area contributed by atoms with Crippen LogP contribution < -0.4 is 4.90 Å². The summed E-state index contributed by atoms with van der Waals surface area (Å²) in [6.45, 7) is 3.02. The topological polar surface area (TPSA) is 89.7 Å². The van der Waals surface area contributed by atoms with E-state index in [1.54, 1.807) is 47.2 Å². The fourth-order valence-corrected chi connectivity index (χ4v) is 3.72. The number of halogens is 1. The third-order valence-electron chi connectivity index (χ3n) is 4.30. The van der Waals surface area contributed by atoms with E-state index in [1.165, 1.54) is 24.0 Å². The summed E-state index contributed by atoms with van der Waals surface area (Å²) in [5.41, 5.74) is 1.54. The smallest absolute Gasteiger partial charge is 0.340 e. The van der Waals surface area contributed by atoms with Gasteiger partial charge in [-0.05, 0) is 31.2 Å². The van der Waals surface area contributed by atoms with Crippen LogP contribution in [0.1, 0.15) is 28.8 Å². The zero-order valence-corrected chi connectivity index (χ0v) is 16.9. The molecule has 0 aliphatic carbocycles. The molecule has 0 bridgehead atoms. The Bertz CT molecular complexity index is 1250. The summed E-state index contributed by atoms with van der Waals surface area (Å²) < 4.78 is 21.2. The van der Waals surface area contributed by atoms with Gasteiger partial charge in [-0.25, -0.2) is 14.2 Å². The normalized spacial score (nSPS) is 10.9. The van der Waals surface area contributed by atoms with Gasteiger partial charge in [-0.3, -0.25) is 14.1 Å². The number of para-hydroxylation sites is 1. The van der Waals surface area contributed by atoms with Crippen molar-refractivity contribution in [2.45, 2.75) is 20.5 Å². The zero-order chi connectivity index (χ0) is 21.3. The number of thiazole rings is 1. The minimum Gasteiger partial charge on any atom is -0.456 e. The SMILES string of the molecule is CC(=O)N(c1nc(COC(=O)c2ccc3nnc(C)n3c2)cs1)c1ccccc1F. The van der Waals surface area contributed by atoms with E-state index in [0.717, 1.165) is 11.3 Å². The van der Waals surface area contributed by atoms with Gasteiger partial charge in [0, 0.05) is 18.5 Å². The summed E-state index contributed by atoms with van der Waals surface area (Å²) in [6.07, 6.45) is 1.61. The molecule has 3 heterocycles. The van der Waals surface area contributed by atoms with Gasteiger partial charge in [0.15, 0.2) is 10.8 Å². The highest BCUT2D eigenvalue weighted by Gasteiger charge is 2.21. The van der Waals surface area contributed by atoms with Gasteiger partial charge < -0.3 is 4.74 Å². The van der Waals surface area contributed by atoms with Crippen LogP contribution >= 0.6 is 11.3 Å². The molecule has 0 unspecified atom stereocenters. The second-order valence-electron chi connectivity index (χ2n) is 6.40. The largest absolute Gasteiger partial charge is 0.456 e. The van der Waals surface area contributed by atoms with E-state index in [0.29, 0.717) is 27.9 Å². The van der Waals surface area contributed by atoms with Gasteiger partial charge >= 0.3 is 5.97 Å². The molecule has 0 radical (unpaired) electrons. The first-order valence-corrected chi connectivity index (χ1v) is 9.80. The van der Waals surface area contributed by atoms with Gasteiger partial charge in [0.05, 0.1) is 16.9 Å². The van der Waals surface area contributed by atoms with Crippen molar-refractivity contribution in [3.63, 3.8) is 0 Å². The first kappa shape index (κ1) is 19.6. The van der Waals surface area contributed by atoms with Crippen LogP contribution in [-0.4, -0.2) is 31.5 Å². The van der Waals surface area contributed by atoms with Crippen LogP contribution in [0, 0.1) is 12.7 Å². The number of nitrogens with zero attached hydrogens (tertiary/aromatic N) is 5. The second-order valence-corrected chi connectivity index (χ2v) is 7.23. The number of aromatic nitrogens is 4. The molecular formula is C20H16FN5O3S. The molecule has 0 fully saturated rings. The van der Waals surface area contributed by atoms with E-state index >= 15 is 0 Å². The van der Waals surface area contributed by atoms with Crippen molar-refractivity contribution in [1.82, 2.24) is 19.6 Å². The number of hydrogen-bond donors (Lipinski definition) is 0. The van der Waals surface area contributed by atoms with Crippen molar-refractivity contribution in [2.24, 2.45) is 0 Å². The average Bonchev–Trinajstić information content (AvgIpc) is 3.34. The van der Waals surface area contributed by atoms with Crippen molar-refractivity contribution >= 4 is 39.7 Å². The predicted octanol–water partition coefficient (Wildman–Crippen LogP) is 3.67. The number of pyridine rings is 1. The minimum absolute atomic E-state index is 0.0858. The predicted molar refractivity (Wildman–Crippen MR) is 108 cm³/mol. The van der Waals surface area contributed by atoms with Crippen molar-refractivity contribution in [2.75, 3.05) is 4.90 Å². The van der Waals surface area contributed by atoms with Gasteiger partial charge in [-0.15, -0.1) is 21.5 Å². The summed E-state index contributed by atoms with van der Waals surface area (Å²) in [4.78, 5) is 30.0. The Kier molecular flexibility index (Phi) is 5.23. The maximum atomic E-state index is 14.2. The van der Waals surface area contributed by atoms with E-state index in [-0.39, 0.29) is 18.2 Å². The van der Waals surface area contributed by atoms with E-state index < -0.39 is 11.8 Å². The summed E-state index contributed by atoms with van der Waals surface area (Å²) in [5, 5.41) is 9.87. The Morgan fingerprint density at radius 1 is 1.20 bits per heavy atom. The third-order valence-corrected chi connectivity index (χ3v) is 5.17. The van der Waals surface area contributed by atoms with Crippen LogP contribution in [0.4, 0.5) is 15.2 Å². The lowest BCUT2D eigenvalue weighted by molar-refractivity contribution is -0.115. The molecule has 30 heavy (non-hydrogen) atoms. The van der Waals surface area contributed by atoms with E-state index in [4.69, 9.17) is 4.74 Å². The molecule has 4 aromatic rings. The lowest BCUT2D eigenvalue weighted by Crippen LogP contribution is -2.23. The number of carbonyl (C=O) groups excluding carboxylic acids is 2. The fourth-order valence-electron chi connectivity index (χ4n) is 2.85. The number of aryl methyl sites for hydroxylation is 1. The van der Waals surface area contributed by atoms with Crippen LogP contribution in [0.25, 0.3) is 5.65 Å². The summed E-state index contributed by atoms with van der Waals surface area (Å²) >= 11 is 1.16. The Hall–Kier alpha value is -3.66. The molecule has 10 heteroatoms. The number of esters is 1. The van der Waals surface area contributed by atoms with Gasteiger partial charge in [0.2, 0.25) is 5.91 Å². The number of rotatable bonds is 5. The van der Waals surface area contributed by atoms with Gasteiger partial charge in [-0.2, -0.15) is 0 Å². The van der Waals surface area contributed by atoms with Crippen LogP contribution in [0.3, 0.4) is 0 Å². The molecule has 0 aliphatic heterocycles. The van der Waals surface area contributed by atoms with E-state index in [1.807, 2.05) is 0 Å². The Balaban J connectivity index is 1.49. The third kappa shape index (κ3) is 3.77. The molecule has 152 valence electrons. The monoisotopic (exact) mass is 425 g/mol. The van der Waals surface area contributed by atoms with Crippen molar-refractivity contribution < 1.29 is 18.7 Å². The number of amides is 1. The van der Waals surface area contributed by atoms with Crippen LogP contribution in [0.5, 0.6) is 0 Å². The van der Waals surface area contributed by atoms with Crippen molar-refractivity contribution in [3.8, 4) is 0 Å². The number of carbonyl (C=O) groups is 2. The zero-order valence-electron chi connectivity index (χ0n) is 16.1. The summed E-state index contributed by atoms with van der Waals surface area (Å²) in [5.74, 6) is -0.787. The molecule has 0 atom stereocenters. The number of hydrogen-bond acceptors (Lipinski definition) is 7. The molecule has 0 saturated heterocycles. The maximum Gasteiger partial charge on any atom is 0.340 e. The number of ether oxygens (including phenoxy) is 1. The summed E-state index contributed by atoms with van der Waals surface area (Å²) in [6, 6.07) is 9.24. The lowest BCUT2D eigenvalue weighted by Gasteiger charge is -2.18. The standard InChI is InChI=1S/C20H16FN5O3S/c1-12-23-24-18-8-7-14(9-25(12)18)19(28)29-10-15-11-30-20(22-15)26(13(2)27)17-6-4-3-5-16(17)21/h3-9,11H,10H2,1-2H3. The van der Waals surface area contributed by atoms with Crippen molar-refractivity contribution in [1.29, 1.82) is 0 Å². The highest BCUT2D eigenvalue weighted by atomic mass is 32.1. The molecule has 4 rings (SSSR count). The van der Waals surface area contributed by atoms with Crippen molar-refractivity contribution in [3.05, 3.63) is 70.9 Å². The Morgan fingerprint density at radius 2 is 2.00 bits per heavy atom. The highest BCUT2D eigenvalue weighted by Crippen LogP contribution is 2.30. The van der Waals surface area contributed by atoms with E-state index in [2.05, 4.69) is 15.2 Å². The average molecular weight is 425 g/mol. The summed E-state index contributed by atoms with van der Waals surface area (Å²) in [7, 11) is 0. The molecule has 0 saturated carbocycles. The van der Waals surface area contributed by atoms with Gasteiger partial charge in [0.1, 0.15) is 18.2 Å². The van der Waals surface area contributed by atoms with Crippen LogP contribution in [0.2, 0.25) is 0 Å². The minimum atomic E-state index is -0.532. The van der Waals surface area contributed by atoms with Crippen LogP contribution in [-0.2, 0) is 16.1 Å². The lowest BCUT2D eigenvalue weighted by atomic mass is 10.3. The molecular weight excluding hydrogens is 409 g/mol. The molecule has 0 aliphatic rings.